The summed E-state index contributed by atoms with van der Waals surface area (Å²) in [6.07, 6.45) is 3.66. The SMILES string of the molecule is CCCc1nnc2sc(-c3cn[nH]c3-c3ccc(Cl)cc3)nn12. The first-order valence-corrected chi connectivity index (χ1v) is 8.46. The number of rotatable bonds is 4. The average molecular weight is 345 g/mol. The van der Waals surface area contributed by atoms with Gasteiger partial charge in [0.15, 0.2) is 10.8 Å². The fraction of sp³-hybridized carbons (Fsp3) is 0.200. The second kappa shape index (κ2) is 5.75. The van der Waals surface area contributed by atoms with Crippen LogP contribution in [0.3, 0.4) is 0 Å². The summed E-state index contributed by atoms with van der Waals surface area (Å²) < 4.78 is 1.82. The number of hydrogen-bond donors (Lipinski definition) is 1. The predicted octanol–water partition coefficient (Wildman–Crippen LogP) is 3.85. The first kappa shape index (κ1) is 14.3. The smallest absolute Gasteiger partial charge is 0.234 e. The van der Waals surface area contributed by atoms with Gasteiger partial charge in [0.2, 0.25) is 4.96 Å². The highest BCUT2D eigenvalue weighted by Gasteiger charge is 2.17. The van der Waals surface area contributed by atoms with Crippen molar-refractivity contribution in [3.05, 3.63) is 41.3 Å². The maximum absolute atomic E-state index is 5.96. The predicted molar refractivity (Wildman–Crippen MR) is 90.7 cm³/mol. The van der Waals surface area contributed by atoms with Gasteiger partial charge >= 0.3 is 0 Å². The Kier molecular flexibility index (Phi) is 3.59. The third-order valence-corrected chi connectivity index (χ3v) is 4.72. The normalized spacial score (nSPS) is 11.4. The van der Waals surface area contributed by atoms with Gasteiger partial charge in [-0.25, -0.2) is 0 Å². The lowest BCUT2D eigenvalue weighted by Crippen LogP contribution is -1.95. The minimum atomic E-state index is 0.706. The van der Waals surface area contributed by atoms with Crippen LogP contribution in [0.4, 0.5) is 0 Å². The Labute approximate surface area is 141 Å². The molecular formula is C15H13ClN6S. The molecule has 0 aliphatic carbocycles. The van der Waals surface area contributed by atoms with Crippen molar-refractivity contribution < 1.29 is 0 Å². The van der Waals surface area contributed by atoms with E-state index < -0.39 is 0 Å². The molecule has 0 spiro atoms. The molecule has 0 aliphatic heterocycles. The molecule has 0 fully saturated rings. The Morgan fingerprint density at radius 3 is 2.83 bits per heavy atom. The molecule has 0 unspecified atom stereocenters. The molecule has 0 amide bonds. The number of halogens is 1. The zero-order valence-electron chi connectivity index (χ0n) is 12.3. The van der Waals surface area contributed by atoms with E-state index >= 15 is 0 Å². The molecule has 0 saturated carbocycles. The van der Waals surface area contributed by atoms with E-state index in [9.17, 15) is 0 Å². The van der Waals surface area contributed by atoms with Gasteiger partial charge in [0.1, 0.15) is 0 Å². The first-order valence-electron chi connectivity index (χ1n) is 7.27. The Hall–Kier alpha value is -2.25. The van der Waals surface area contributed by atoms with E-state index in [2.05, 4.69) is 32.4 Å². The van der Waals surface area contributed by atoms with E-state index in [1.807, 2.05) is 28.8 Å². The summed E-state index contributed by atoms with van der Waals surface area (Å²) in [7, 11) is 0. The van der Waals surface area contributed by atoms with Crippen molar-refractivity contribution in [2.75, 3.05) is 0 Å². The van der Waals surface area contributed by atoms with Crippen LogP contribution in [-0.2, 0) is 6.42 Å². The van der Waals surface area contributed by atoms with Crippen molar-refractivity contribution >= 4 is 27.9 Å². The van der Waals surface area contributed by atoms with Crippen molar-refractivity contribution in [2.24, 2.45) is 0 Å². The van der Waals surface area contributed by atoms with Crippen LogP contribution in [0, 0.1) is 0 Å². The van der Waals surface area contributed by atoms with Crippen molar-refractivity contribution in [1.82, 2.24) is 30.0 Å². The summed E-state index contributed by atoms with van der Waals surface area (Å²) in [6.45, 7) is 2.11. The standard InChI is InChI=1S/C15H13ClN6S/c1-2-3-12-18-20-15-22(12)21-14(23-15)11-8-17-19-13(11)9-4-6-10(16)7-5-9/h4-8H,2-3H2,1H3,(H,17,19). The van der Waals surface area contributed by atoms with Gasteiger partial charge in [0.05, 0.1) is 17.5 Å². The van der Waals surface area contributed by atoms with Gasteiger partial charge in [-0.2, -0.15) is 14.7 Å². The molecule has 8 heteroatoms. The molecule has 0 atom stereocenters. The number of hydrogen-bond acceptors (Lipinski definition) is 5. The maximum atomic E-state index is 5.96. The summed E-state index contributed by atoms with van der Waals surface area (Å²) in [6, 6.07) is 7.64. The number of H-pyrrole nitrogens is 1. The molecule has 116 valence electrons. The minimum Gasteiger partial charge on any atom is -0.277 e. The molecular weight excluding hydrogens is 332 g/mol. The van der Waals surface area contributed by atoms with Crippen molar-refractivity contribution in [3.63, 3.8) is 0 Å². The minimum absolute atomic E-state index is 0.706. The molecule has 3 heterocycles. The van der Waals surface area contributed by atoms with Crippen molar-refractivity contribution in [3.8, 4) is 21.8 Å². The van der Waals surface area contributed by atoms with E-state index in [-0.39, 0.29) is 0 Å². The Morgan fingerprint density at radius 1 is 1.22 bits per heavy atom. The molecule has 3 aromatic heterocycles. The van der Waals surface area contributed by atoms with Crippen LogP contribution < -0.4 is 0 Å². The highest BCUT2D eigenvalue weighted by Crippen LogP contribution is 2.33. The Balaban J connectivity index is 1.79. The van der Waals surface area contributed by atoms with Crippen molar-refractivity contribution in [2.45, 2.75) is 19.8 Å². The van der Waals surface area contributed by atoms with Crippen LogP contribution in [0.2, 0.25) is 5.02 Å². The quantitative estimate of drug-likeness (QED) is 0.610. The molecule has 0 bridgehead atoms. The van der Waals surface area contributed by atoms with Crippen LogP contribution >= 0.6 is 22.9 Å². The molecule has 1 aromatic carbocycles. The van der Waals surface area contributed by atoms with Crippen LogP contribution in [0.15, 0.2) is 30.5 Å². The lowest BCUT2D eigenvalue weighted by atomic mass is 10.1. The van der Waals surface area contributed by atoms with Gasteiger partial charge in [0.25, 0.3) is 0 Å². The second-order valence-corrected chi connectivity index (χ2v) is 6.53. The number of fused-ring (bicyclic) bond motifs is 1. The van der Waals surface area contributed by atoms with Crippen LogP contribution in [0.5, 0.6) is 0 Å². The fourth-order valence-electron chi connectivity index (χ4n) is 2.43. The molecule has 0 aliphatic rings. The molecule has 0 saturated heterocycles. The highest BCUT2D eigenvalue weighted by atomic mass is 35.5. The number of benzene rings is 1. The summed E-state index contributed by atoms with van der Waals surface area (Å²) >= 11 is 7.47. The van der Waals surface area contributed by atoms with Gasteiger partial charge in [-0.05, 0) is 18.6 Å². The summed E-state index contributed by atoms with van der Waals surface area (Å²) in [5.41, 5.74) is 2.88. The maximum Gasteiger partial charge on any atom is 0.234 e. The molecule has 4 rings (SSSR count). The topological polar surface area (TPSA) is 71.8 Å². The van der Waals surface area contributed by atoms with Gasteiger partial charge < -0.3 is 0 Å². The summed E-state index contributed by atoms with van der Waals surface area (Å²) in [4.78, 5) is 0.798. The van der Waals surface area contributed by atoms with E-state index in [1.54, 1.807) is 6.20 Å². The monoisotopic (exact) mass is 344 g/mol. The van der Waals surface area contributed by atoms with Gasteiger partial charge in [-0.1, -0.05) is 42.0 Å². The third kappa shape index (κ3) is 2.51. The number of aromatic amines is 1. The zero-order chi connectivity index (χ0) is 15.8. The van der Waals surface area contributed by atoms with E-state index in [4.69, 9.17) is 11.6 Å². The van der Waals surface area contributed by atoms with E-state index in [0.29, 0.717) is 5.02 Å². The summed E-state index contributed by atoms with van der Waals surface area (Å²) in [5.74, 6) is 0.890. The van der Waals surface area contributed by atoms with Gasteiger partial charge in [0, 0.05) is 17.0 Å². The fourth-order valence-corrected chi connectivity index (χ4v) is 3.43. The van der Waals surface area contributed by atoms with E-state index in [0.717, 1.165) is 45.5 Å². The van der Waals surface area contributed by atoms with Gasteiger partial charge in [-0.3, -0.25) is 5.10 Å². The molecule has 4 aromatic rings. The number of nitrogens with zero attached hydrogens (tertiary/aromatic N) is 5. The van der Waals surface area contributed by atoms with Crippen LogP contribution in [-0.4, -0.2) is 30.0 Å². The second-order valence-electron chi connectivity index (χ2n) is 5.13. The first-order chi connectivity index (χ1) is 11.3. The lowest BCUT2D eigenvalue weighted by molar-refractivity contribution is 0.778. The van der Waals surface area contributed by atoms with Crippen LogP contribution in [0.25, 0.3) is 26.8 Å². The summed E-state index contributed by atoms with van der Waals surface area (Å²) in [5, 5.41) is 21.8. The highest BCUT2D eigenvalue weighted by molar-refractivity contribution is 7.19. The average Bonchev–Trinajstić information content (AvgIpc) is 3.24. The Bertz CT molecular complexity index is 952. The van der Waals surface area contributed by atoms with Gasteiger partial charge in [-0.15, -0.1) is 10.2 Å². The molecule has 6 nitrogen and oxygen atoms in total. The van der Waals surface area contributed by atoms with Crippen LogP contribution in [0.1, 0.15) is 19.2 Å². The number of aryl methyl sites for hydroxylation is 1. The lowest BCUT2D eigenvalue weighted by Gasteiger charge is -2.00. The number of nitrogens with one attached hydrogen (secondary N) is 1. The molecule has 23 heavy (non-hydrogen) atoms. The van der Waals surface area contributed by atoms with Crippen molar-refractivity contribution in [1.29, 1.82) is 0 Å². The van der Waals surface area contributed by atoms with E-state index in [1.165, 1.54) is 11.3 Å². The Morgan fingerprint density at radius 2 is 2.04 bits per heavy atom. The zero-order valence-corrected chi connectivity index (χ0v) is 13.9. The molecule has 1 N–H and O–H groups in total. The third-order valence-electron chi connectivity index (χ3n) is 3.53. The number of aromatic nitrogens is 6. The largest absolute Gasteiger partial charge is 0.277 e. The molecule has 0 radical (unpaired) electrons.